The van der Waals surface area contributed by atoms with E-state index in [1.54, 1.807) is 13.8 Å². The van der Waals surface area contributed by atoms with Crippen molar-refractivity contribution in [1.29, 1.82) is 0 Å². The van der Waals surface area contributed by atoms with Gasteiger partial charge in [-0.15, -0.1) is 0 Å². The second-order valence-corrected chi connectivity index (χ2v) is 6.93. The van der Waals surface area contributed by atoms with Crippen molar-refractivity contribution in [2.75, 3.05) is 12.4 Å². The first-order valence-electron chi connectivity index (χ1n) is 6.57. The molecule has 2 N–H and O–H groups in total. The number of hydrogen-bond donors (Lipinski definition) is 2. The highest BCUT2D eigenvalue weighted by Crippen LogP contribution is 2.18. The molecule has 1 heterocycles. The first kappa shape index (κ1) is 16.1. The number of nitrogens with one attached hydrogen (secondary N) is 2. The van der Waals surface area contributed by atoms with Crippen molar-refractivity contribution in [2.45, 2.75) is 24.8 Å². The number of aromatic amines is 1. The number of carbonyl (C=O) groups is 1. The minimum absolute atomic E-state index is 0.0638. The molecule has 0 saturated carbocycles. The number of H-pyrrole nitrogens is 1. The third-order valence-electron chi connectivity index (χ3n) is 3.15. The summed E-state index contributed by atoms with van der Waals surface area (Å²) in [6.07, 6.45) is 1.26. The zero-order chi connectivity index (χ0) is 16.3. The molecule has 0 aliphatic heterocycles. The van der Waals surface area contributed by atoms with Gasteiger partial charge in [0.2, 0.25) is 16.0 Å². The van der Waals surface area contributed by atoms with Gasteiger partial charge < -0.3 is 0 Å². The van der Waals surface area contributed by atoms with Gasteiger partial charge in [-0.25, -0.2) is 13.5 Å². The second kappa shape index (κ2) is 6.24. The molecule has 0 saturated heterocycles. The predicted octanol–water partition coefficient (Wildman–Crippen LogP) is 1.09. The van der Waals surface area contributed by atoms with Crippen LogP contribution in [0.4, 0.5) is 5.95 Å². The Balaban J connectivity index is 2.29. The fraction of sp³-hybridized carbons (Fsp3) is 0.308. The van der Waals surface area contributed by atoms with Crippen LogP contribution in [0.15, 0.2) is 35.5 Å². The number of aromatic nitrogens is 3. The van der Waals surface area contributed by atoms with Crippen LogP contribution >= 0.6 is 0 Å². The normalized spacial score (nSPS) is 11.9. The molecule has 1 aromatic carbocycles. The van der Waals surface area contributed by atoms with Crippen LogP contribution in [0.3, 0.4) is 0 Å². The van der Waals surface area contributed by atoms with Gasteiger partial charge in [-0.05, 0) is 32.0 Å². The lowest BCUT2D eigenvalue weighted by atomic mass is 10.2. The molecule has 0 bridgehead atoms. The molecule has 0 aliphatic rings. The summed E-state index contributed by atoms with van der Waals surface area (Å²) < 4.78 is 26.1. The number of nitrogens with zero attached hydrogens (tertiary/aromatic N) is 3. The van der Waals surface area contributed by atoms with Crippen molar-refractivity contribution in [3.63, 3.8) is 0 Å². The van der Waals surface area contributed by atoms with E-state index in [4.69, 9.17) is 0 Å². The molecule has 0 atom stereocenters. The Bertz CT molecular complexity index is 756. The number of amides is 1. The lowest BCUT2D eigenvalue weighted by molar-refractivity contribution is 0.102. The Morgan fingerprint density at radius 3 is 2.68 bits per heavy atom. The number of hydrogen-bond acceptors (Lipinski definition) is 5. The zero-order valence-corrected chi connectivity index (χ0v) is 13.3. The third-order valence-corrected chi connectivity index (χ3v) is 5.18. The fourth-order valence-corrected chi connectivity index (χ4v) is 3.10. The smallest absolute Gasteiger partial charge is 0.258 e. The molecule has 8 nitrogen and oxygen atoms in total. The highest BCUT2D eigenvalue weighted by Gasteiger charge is 2.24. The molecule has 1 aromatic heterocycles. The Labute approximate surface area is 128 Å². The van der Waals surface area contributed by atoms with Gasteiger partial charge in [0, 0.05) is 18.7 Å². The molecule has 2 aromatic rings. The first-order valence-corrected chi connectivity index (χ1v) is 8.01. The molecule has 2 rings (SSSR count). The molecule has 118 valence electrons. The van der Waals surface area contributed by atoms with Gasteiger partial charge in [0.15, 0.2) is 0 Å². The van der Waals surface area contributed by atoms with E-state index >= 15 is 0 Å². The number of carbonyl (C=O) groups excluding carboxylic acids is 1. The molecule has 0 aliphatic carbocycles. The van der Waals surface area contributed by atoms with Crippen molar-refractivity contribution in [3.05, 3.63) is 36.2 Å². The minimum atomic E-state index is -3.64. The van der Waals surface area contributed by atoms with E-state index in [0.717, 1.165) is 0 Å². The summed E-state index contributed by atoms with van der Waals surface area (Å²) in [6, 6.07) is 5.66. The summed E-state index contributed by atoms with van der Waals surface area (Å²) in [5.74, 6) is -0.279. The van der Waals surface area contributed by atoms with Gasteiger partial charge in [-0.1, -0.05) is 6.07 Å². The predicted molar refractivity (Wildman–Crippen MR) is 80.9 cm³/mol. The maximum atomic E-state index is 12.4. The van der Waals surface area contributed by atoms with Crippen molar-refractivity contribution >= 4 is 21.9 Å². The lowest BCUT2D eigenvalue weighted by Gasteiger charge is -2.21. The van der Waals surface area contributed by atoms with E-state index in [1.807, 2.05) is 0 Å². The SMILES string of the molecule is CC(C)N(C)S(=O)(=O)c1cccc(C(=O)Nc2ncn[nH]2)c1. The number of sulfonamides is 1. The Morgan fingerprint density at radius 1 is 1.36 bits per heavy atom. The second-order valence-electron chi connectivity index (χ2n) is 4.93. The average Bonchev–Trinajstić information content (AvgIpc) is 2.99. The van der Waals surface area contributed by atoms with Crippen molar-refractivity contribution < 1.29 is 13.2 Å². The number of benzene rings is 1. The van der Waals surface area contributed by atoms with E-state index in [0.29, 0.717) is 0 Å². The van der Waals surface area contributed by atoms with Gasteiger partial charge in [0.1, 0.15) is 6.33 Å². The van der Waals surface area contributed by atoms with Gasteiger partial charge in [0.05, 0.1) is 4.90 Å². The standard InChI is InChI=1S/C13H17N5O3S/c1-9(2)18(3)22(20,21)11-6-4-5-10(7-11)12(19)16-13-14-8-15-17-13/h4-9H,1-3H3,(H2,14,15,16,17,19). The fourth-order valence-electron chi connectivity index (χ4n) is 1.69. The Kier molecular flexibility index (Phi) is 4.57. The van der Waals surface area contributed by atoms with Crippen molar-refractivity contribution in [2.24, 2.45) is 0 Å². The van der Waals surface area contributed by atoms with E-state index < -0.39 is 15.9 Å². The Morgan fingerprint density at radius 2 is 2.09 bits per heavy atom. The molecule has 0 spiro atoms. The summed E-state index contributed by atoms with van der Waals surface area (Å²) >= 11 is 0. The summed E-state index contributed by atoms with van der Waals surface area (Å²) in [6.45, 7) is 3.55. The van der Waals surface area contributed by atoms with Gasteiger partial charge >= 0.3 is 0 Å². The highest BCUT2D eigenvalue weighted by atomic mass is 32.2. The molecular weight excluding hydrogens is 306 g/mol. The molecule has 1 amide bonds. The summed E-state index contributed by atoms with van der Waals surface area (Å²) in [5, 5.41) is 8.60. The molecule has 22 heavy (non-hydrogen) atoms. The van der Waals surface area contributed by atoms with E-state index in [1.165, 1.54) is 41.9 Å². The van der Waals surface area contributed by atoms with Crippen LogP contribution in [0.25, 0.3) is 0 Å². The first-order chi connectivity index (χ1) is 10.3. The molecule has 9 heteroatoms. The summed E-state index contributed by atoms with van der Waals surface area (Å²) in [7, 11) is -2.14. The number of anilines is 1. The van der Waals surface area contributed by atoms with Crippen LogP contribution in [0, 0.1) is 0 Å². The van der Waals surface area contributed by atoms with E-state index in [9.17, 15) is 13.2 Å². The van der Waals surface area contributed by atoms with Crippen LogP contribution in [0.5, 0.6) is 0 Å². The molecule has 0 fully saturated rings. The van der Waals surface area contributed by atoms with Crippen LogP contribution in [-0.4, -0.2) is 46.9 Å². The van der Waals surface area contributed by atoms with Crippen LogP contribution in [0.2, 0.25) is 0 Å². The average molecular weight is 323 g/mol. The van der Waals surface area contributed by atoms with Gasteiger partial charge in [-0.2, -0.15) is 14.4 Å². The number of rotatable bonds is 5. The van der Waals surface area contributed by atoms with Crippen molar-refractivity contribution in [3.8, 4) is 0 Å². The quantitative estimate of drug-likeness (QED) is 0.856. The highest BCUT2D eigenvalue weighted by molar-refractivity contribution is 7.89. The molecule has 0 radical (unpaired) electrons. The maximum Gasteiger partial charge on any atom is 0.258 e. The largest absolute Gasteiger partial charge is 0.291 e. The monoisotopic (exact) mass is 323 g/mol. The molecular formula is C13H17N5O3S. The molecule has 0 unspecified atom stereocenters. The zero-order valence-electron chi connectivity index (χ0n) is 12.4. The van der Waals surface area contributed by atoms with Crippen LogP contribution in [0.1, 0.15) is 24.2 Å². The Hall–Kier alpha value is -2.26. The summed E-state index contributed by atoms with van der Waals surface area (Å²) in [5.41, 5.74) is 0.217. The van der Waals surface area contributed by atoms with Gasteiger partial charge in [0.25, 0.3) is 5.91 Å². The van der Waals surface area contributed by atoms with Crippen molar-refractivity contribution in [1.82, 2.24) is 19.5 Å². The topological polar surface area (TPSA) is 108 Å². The minimum Gasteiger partial charge on any atom is -0.291 e. The maximum absolute atomic E-state index is 12.4. The third kappa shape index (κ3) is 3.31. The van der Waals surface area contributed by atoms with E-state index in [-0.39, 0.29) is 22.4 Å². The van der Waals surface area contributed by atoms with Gasteiger partial charge in [-0.3, -0.25) is 10.1 Å². The van der Waals surface area contributed by atoms with Crippen LogP contribution < -0.4 is 5.32 Å². The lowest BCUT2D eigenvalue weighted by Crippen LogP contribution is -2.33. The summed E-state index contributed by atoms with van der Waals surface area (Å²) in [4.78, 5) is 15.9. The van der Waals surface area contributed by atoms with Crippen LogP contribution in [-0.2, 0) is 10.0 Å². The van der Waals surface area contributed by atoms with E-state index in [2.05, 4.69) is 20.5 Å².